The maximum Gasteiger partial charge on any atom is 0.253 e. The highest BCUT2D eigenvalue weighted by Crippen LogP contribution is 2.30. The maximum absolute atomic E-state index is 12.8. The number of nitrogens with zero attached hydrogens (tertiary/aromatic N) is 1. The molecule has 0 spiro atoms. The van der Waals surface area contributed by atoms with Gasteiger partial charge in [0.1, 0.15) is 5.75 Å². The SMILES string of the molecule is COCCCNC(=O)c1cc(-c2ccccc2)n(-c2cccc(OC)c2)c1C. The highest BCUT2D eigenvalue weighted by molar-refractivity contribution is 5.97. The van der Waals surface area contributed by atoms with Gasteiger partial charge in [0.05, 0.1) is 18.4 Å². The number of aromatic nitrogens is 1. The van der Waals surface area contributed by atoms with Crippen molar-refractivity contribution in [2.45, 2.75) is 13.3 Å². The first-order valence-corrected chi connectivity index (χ1v) is 9.35. The van der Waals surface area contributed by atoms with Crippen molar-refractivity contribution in [3.05, 3.63) is 71.9 Å². The van der Waals surface area contributed by atoms with E-state index in [0.717, 1.165) is 34.8 Å². The Balaban J connectivity index is 2.04. The van der Waals surface area contributed by atoms with Crippen molar-refractivity contribution >= 4 is 5.91 Å². The summed E-state index contributed by atoms with van der Waals surface area (Å²) < 4.78 is 12.5. The van der Waals surface area contributed by atoms with E-state index in [4.69, 9.17) is 9.47 Å². The number of nitrogens with one attached hydrogen (secondary N) is 1. The van der Waals surface area contributed by atoms with Crippen LogP contribution in [-0.2, 0) is 4.74 Å². The standard InChI is InChI=1S/C23H26N2O3/c1-17-21(23(26)24-13-8-14-27-2)16-22(18-9-5-4-6-10-18)25(17)19-11-7-12-20(15-19)28-3/h4-7,9-12,15-16H,8,13-14H2,1-3H3,(H,24,26). The Morgan fingerprint density at radius 1 is 1.04 bits per heavy atom. The van der Waals surface area contributed by atoms with Crippen LogP contribution < -0.4 is 10.1 Å². The molecule has 0 radical (unpaired) electrons. The minimum Gasteiger partial charge on any atom is -0.497 e. The maximum atomic E-state index is 12.8. The zero-order chi connectivity index (χ0) is 19.9. The summed E-state index contributed by atoms with van der Waals surface area (Å²) in [5.74, 6) is 0.697. The predicted molar refractivity (Wildman–Crippen MR) is 111 cm³/mol. The minimum absolute atomic E-state index is 0.0765. The van der Waals surface area contributed by atoms with E-state index in [2.05, 4.69) is 9.88 Å². The van der Waals surface area contributed by atoms with E-state index in [-0.39, 0.29) is 5.91 Å². The third kappa shape index (κ3) is 4.26. The number of benzene rings is 2. The number of methoxy groups -OCH3 is 2. The summed E-state index contributed by atoms with van der Waals surface area (Å²) in [5.41, 5.74) is 4.52. The van der Waals surface area contributed by atoms with Crippen molar-refractivity contribution in [3.63, 3.8) is 0 Å². The van der Waals surface area contributed by atoms with Crippen molar-refractivity contribution in [1.82, 2.24) is 9.88 Å². The van der Waals surface area contributed by atoms with Gasteiger partial charge in [-0.2, -0.15) is 0 Å². The lowest BCUT2D eigenvalue weighted by Gasteiger charge is -2.13. The summed E-state index contributed by atoms with van der Waals surface area (Å²) in [6.45, 7) is 3.17. The molecule has 5 heteroatoms. The molecule has 0 fully saturated rings. The van der Waals surface area contributed by atoms with Gasteiger partial charge in [0, 0.05) is 37.7 Å². The fourth-order valence-electron chi connectivity index (χ4n) is 3.25. The number of amides is 1. The van der Waals surface area contributed by atoms with E-state index in [1.54, 1.807) is 14.2 Å². The van der Waals surface area contributed by atoms with E-state index in [9.17, 15) is 4.79 Å². The smallest absolute Gasteiger partial charge is 0.253 e. The van der Waals surface area contributed by atoms with Crippen LogP contribution in [0.3, 0.4) is 0 Å². The number of hydrogen-bond donors (Lipinski definition) is 1. The second-order valence-electron chi connectivity index (χ2n) is 6.53. The molecule has 1 N–H and O–H groups in total. The van der Waals surface area contributed by atoms with Gasteiger partial charge in [-0.25, -0.2) is 0 Å². The highest BCUT2D eigenvalue weighted by Gasteiger charge is 2.19. The molecule has 5 nitrogen and oxygen atoms in total. The van der Waals surface area contributed by atoms with Crippen LogP contribution >= 0.6 is 0 Å². The van der Waals surface area contributed by atoms with Crippen molar-refractivity contribution in [1.29, 1.82) is 0 Å². The summed E-state index contributed by atoms with van der Waals surface area (Å²) >= 11 is 0. The Hall–Kier alpha value is -3.05. The zero-order valence-electron chi connectivity index (χ0n) is 16.6. The molecule has 3 rings (SSSR count). The quantitative estimate of drug-likeness (QED) is 0.597. The lowest BCUT2D eigenvalue weighted by atomic mass is 10.1. The number of carbonyl (C=O) groups is 1. The minimum atomic E-state index is -0.0765. The molecule has 0 bridgehead atoms. The van der Waals surface area contributed by atoms with Crippen molar-refractivity contribution in [2.75, 3.05) is 27.4 Å². The average molecular weight is 378 g/mol. The molecule has 0 unspecified atom stereocenters. The first kappa shape index (κ1) is 19.7. The second-order valence-corrected chi connectivity index (χ2v) is 6.53. The predicted octanol–water partition coefficient (Wildman–Crippen LogP) is 4.23. The van der Waals surface area contributed by atoms with Gasteiger partial charge in [0.2, 0.25) is 0 Å². The molecular formula is C23H26N2O3. The molecule has 0 aliphatic rings. The fourth-order valence-corrected chi connectivity index (χ4v) is 3.25. The van der Waals surface area contributed by atoms with Crippen LogP contribution in [0.2, 0.25) is 0 Å². The summed E-state index contributed by atoms with van der Waals surface area (Å²) in [5, 5.41) is 2.98. The molecule has 3 aromatic rings. The van der Waals surface area contributed by atoms with E-state index >= 15 is 0 Å². The molecule has 0 saturated heterocycles. The van der Waals surface area contributed by atoms with Gasteiger partial charge in [-0.05, 0) is 37.1 Å². The Morgan fingerprint density at radius 3 is 2.54 bits per heavy atom. The lowest BCUT2D eigenvalue weighted by molar-refractivity contribution is 0.0948. The first-order chi connectivity index (χ1) is 13.7. The van der Waals surface area contributed by atoms with E-state index in [1.165, 1.54) is 0 Å². The molecule has 1 amide bonds. The first-order valence-electron chi connectivity index (χ1n) is 9.35. The molecule has 1 aromatic heterocycles. The van der Waals surface area contributed by atoms with E-state index < -0.39 is 0 Å². The van der Waals surface area contributed by atoms with Crippen LogP contribution in [0.1, 0.15) is 22.5 Å². The van der Waals surface area contributed by atoms with Crippen LogP contribution in [0.5, 0.6) is 5.75 Å². The lowest BCUT2D eigenvalue weighted by Crippen LogP contribution is -2.25. The number of rotatable bonds is 8. The van der Waals surface area contributed by atoms with E-state index in [1.807, 2.05) is 67.6 Å². The summed E-state index contributed by atoms with van der Waals surface area (Å²) in [6.07, 6.45) is 0.781. The van der Waals surface area contributed by atoms with Gasteiger partial charge in [0.15, 0.2) is 0 Å². The normalized spacial score (nSPS) is 10.7. The third-order valence-electron chi connectivity index (χ3n) is 4.68. The molecule has 0 atom stereocenters. The fraction of sp³-hybridized carbons (Fsp3) is 0.261. The molecule has 1 heterocycles. The van der Waals surface area contributed by atoms with Crippen LogP contribution in [-0.4, -0.2) is 37.8 Å². The summed E-state index contributed by atoms with van der Waals surface area (Å²) in [4.78, 5) is 12.8. The van der Waals surface area contributed by atoms with Crippen LogP contribution in [0.25, 0.3) is 16.9 Å². The molecule has 0 saturated carbocycles. The Kier molecular flexibility index (Phi) is 6.50. The van der Waals surface area contributed by atoms with Crippen LogP contribution in [0.15, 0.2) is 60.7 Å². The topological polar surface area (TPSA) is 52.5 Å². The van der Waals surface area contributed by atoms with Gasteiger partial charge in [-0.15, -0.1) is 0 Å². The number of hydrogen-bond acceptors (Lipinski definition) is 3. The van der Waals surface area contributed by atoms with Gasteiger partial charge >= 0.3 is 0 Å². The summed E-state index contributed by atoms with van der Waals surface area (Å²) in [6, 6.07) is 19.9. The Bertz CT molecular complexity index is 932. The Labute approximate surface area is 165 Å². The highest BCUT2D eigenvalue weighted by atomic mass is 16.5. The largest absolute Gasteiger partial charge is 0.497 e. The zero-order valence-corrected chi connectivity index (χ0v) is 16.6. The molecule has 146 valence electrons. The monoisotopic (exact) mass is 378 g/mol. The van der Waals surface area contributed by atoms with Gasteiger partial charge < -0.3 is 19.4 Å². The number of carbonyl (C=O) groups excluding carboxylic acids is 1. The molecule has 28 heavy (non-hydrogen) atoms. The second kappa shape index (κ2) is 9.24. The summed E-state index contributed by atoms with van der Waals surface area (Å²) in [7, 11) is 3.31. The average Bonchev–Trinajstić information content (AvgIpc) is 3.09. The molecular weight excluding hydrogens is 352 g/mol. The van der Waals surface area contributed by atoms with Crippen molar-refractivity contribution in [3.8, 4) is 22.7 Å². The molecule has 0 aliphatic carbocycles. The van der Waals surface area contributed by atoms with Gasteiger partial charge in [-0.1, -0.05) is 36.4 Å². The molecule has 2 aromatic carbocycles. The number of ether oxygens (including phenoxy) is 2. The van der Waals surface area contributed by atoms with Crippen LogP contribution in [0, 0.1) is 6.92 Å². The van der Waals surface area contributed by atoms with E-state index in [0.29, 0.717) is 18.7 Å². The van der Waals surface area contributed by atoms with Crippen LogP contribution in [0.4, 0.5) is 0 Å². The molecule has 0 aliphatic heterocycles. The Morgan fingerprint density at radius 2 is 1.82 bits per heavy atom. The van der Waals surface area contributed by atoms with Gasteiger partial charge in [0.25, 0.3) is 5.91 Å². The van der Waals surface area contributed by atoms with Gasteiger partial charge in [-0.3, -0.25) is 4.79 Å². The third-order valence-corrected chi connectivity index (χ3v) is 4.68. The van der Waals surface area contributed by atoms with Crippen molar-refractivity contribution < 1.29 is 14.3 Å². The van der Waals surface area contributed by atoms with Crippen molar-refractivity contribution in [2.24, 2.45) is 0 Å².